The quantitative estimate of drug-likeness (QED) is 0.242. The second-order valence-electron chi connectivity index (χ2n) is 6.66. The van der Waals surface area contributed by atoms with Gasteiger partial charge in [-0.2, -0.15) is 15.5 Å². The normalized spacial score (nSPS) is 14.8. The summed E-state index contributed by atoms with van der Waals surface area (Å²) in [5.41, 5.74) is 3.35. The van der Waals surface area contributed by atoms with E-state index in [4.69, 9.17) is 9.88 Å². The summed E-state index contributed by atoms with van der Waals surface area (Å²) in [6.45, 7) is 8.08. The molecular weight excluding hydrogens is 408 g/mol. The topological polar surface area (TPSA) is 103 Å². The summed E-state index contributed by atoms with van der Waals surface area (Å²) >= 11 is 0. The van der Waals surface area contributed by atoms with Gasteiger partial charge in [0.05, 0.1) is 23.6 Å². The molecule has 0 aliphatic carbocycles. The molecule has 1 aliphatic rings. The van der Waals surface area contributed by atoms with Gasteiger partial charge in [-0.3, -0.25) is 4.79 Å². The van der Waals surface area contributed by atoms with Crippen molar-refractivity contribution < 1.29 is 14.7 Å². The molecular formula is C23H24N6O3. The maximum absolute atomic E-state index is 12.4. The zero-order valence-corrected chi connectivity index (χ0v) is 18.2. The van der Waals surface area contributed by atoms with Gasteiger partial charge in [-0.1, -0.05) is 22.3 Å². The first-order chi connectivity index (χ1) is 15.6. The van der Waals surface area contributed by atoms with Gasteiger partial charge >= 0.3 is 5.91 Å². The maximum Gasteiger partial charge on any atom is 0.305 e. The number of amides is 1. The van der Waals surface area contributed by atoms with Crippen LogP contribution in [0.4, 0.5) is 17.1 Å². The Bertz CT molecular complexity index is 1060. The number of hydrogen-bond acceptors (Lipinski definition) is 8. The van der Waals surface area contributed by atoms with E-state index in [1.54, 1.807) is 37.3 Å². The van der Waals surface area contributed by atoms with Crippen LogP contribution >= 0.6 is 0 Å². The molecule has 3 rings (SSSR count). The molecule has 1 amide bonds. The lowest BCUT2D eigenvalue weighted by Gasteiger charge is -2.20. The highest BCUT2D eigenvalue weighted by atomic mass is 17.3. The van der Waals surface area contributed by atoms with Crippen LogP contribution in [-0.2, 0) is 14.7 Å². The van der Waals surface area contributed by atoms with E-state index >= 15 is 0 Å². The molecule has 0 fully saturated rings. The van der Waals surface area contributed by atoms with Crippen LogP contribution in [0.3, 0.4) is 0 Å². The van der Waals surface area contributed by atoms with E-state index in [1.807, 2.05) is 30.3 Å². The zero-order chi connectivity index (χ0) is 22.9. The van der Waals surface area contributed by atoms with Crippen LogP contribution in [0.5, 0.6) is 0 Å². The van der Waals surface area contributed by atoms with Crippen molar-refractivity contribution >= 4 is 34.8 Å². The molecule has 0 bridgehead atoms. The molecule has 9 nitrogen and oxygen atoms in total. The van der Waals surface area contributed by atoms with E-state index in [-0.39, 0.29) is 17.9 Å². The van der Waals surface area contributed by atoms with Crippen LogP contribution in [0, 0.1) is 11.3 Å². The molecule has 0 saturated heterocycles. The second-order valence-corrected chi connectivity index (χ2v) is 6.66. The van der Waals surface area contributed by atoms with Crippen LogP contribution in [0.25, 0.3) is 6.08 Å². The molecule has 0 N–H and O–H groups in total. The number of carbonyl (C=O) groups excluding carboxylic acids is 1. The van der Waals surface area contributed by atoms with Crippen molar-refractivity contribution in [3.8, 4) is 6.07 Å². The van der Waals surface area contributed by atoms with Crippen molar-refractivity contribution in [2.45, 2.75) is 20.8 Å². The number of anilines is 1. The fourth-order valence-corrected chi connectivity index (χ4v) is 3.00. The Morgan fingerprint density at radius 3 is 2.16 bits per heavy atom. The number of rotatable bonds is 9. The van der Waals surface area contributed by atoms with E-state index < -0.39 is 5.91 Å². The average Bonchev–Trinajstić information content (AvgIpc) is 3.13. The Labute approximate surface area is 186 Å². The minimum atomic E-state index is -0.577. The van der Waals surface area contributed by atoms with Crippen LogP contribution in [0.15, 0.2) is 69.4 Å². The Hall–Kier alpha value is -3.87. The van der Waals surface area contributed by atoms with E-state index in [2.05, 4.69) is 34.1 Å². The third kappa shape index (κ3) is 5.43. The van der Waals surface area contributed by atoms with Gasteiger partial charge in [0.2, 0.25) is 0 Å². The number of hydrazone groups is 1. The smallest absolute Gasteiger partial charge is 0.305 e. The van der Waals surface area contributed by atoms with Crippen molar-refractivity contribution in [3.63, 3.8) is 0 Å². The fraction of sp³-hybridized carbons (Fsp3) is 0.261. The van der Waals surface area contributed by atoms with Gasteiger partial charge in [0, 0.05) is 18.8 Å². The number of benzene rings is 2. The lowest BCUT2D eigenvalue weighted by atomic mass is 10.1. The highest BCUT2D eigenvalue weighted by molar-refractivity contribution is 6.32. The molecule has 0 aromatic heterocycles. The number of nitrogens with zero attached hydrogens (tertiary/aromatic N) is 6. The molecule has 164 valence electrons. The summed E-state index contributed by atoms with van der Waals surface area (Å²) in [7, 11) is 0. The summed E-state index contributed by atoms with van der Waals surface area (Å²) in [5.74, 6) is -0.577. The summed E-state index contributed by atoms with van der Waals surface area (Å²) < 4.78 is 0. The molecule has 2 aromatic carbocycles. The van der Waals surface area contributed by atoms with Crippen molar-refractivity contribution in [2.24, 2.45) is 15.3 Å². The van der Waals surface area contributed by atoms with E-state index in [0.29, 0.717) is 16.4 Å². The molecule has 2 aromatic rings. The molecule has 9 heteroatoms. The van der Waals surface area contributed by atoms with Crippen molar-refractivity contribution in [1.29, 1.82) is 5.26 Å². The zero-order valence-electron chi connectivity index (χ0n) is 18.2. The van der Waals surface area contributed by atoms with Crippen molar-refractivity contribution in [1.82, 2.24) is 5.17 Å². The third-order valence-electron chi connectivity index (χ3n) is 4.66. The monoisotopic (exact) mass is 432 g/mol. The summed E-state index contributed by atoms with van der Waals surface area (Å²) in [5, 5.41) is 22.2. The maximum atomic E-state index is 12.4. The number of hydrogen-bond donors (Lipinski definition) is 0. The molecule has 0 atom stereocenters. The molecule has 0 unspecified atom stereocenters. The van der Waals surface area contributed by atoms with Crippen LogP contribution in [0.2, 0.25) is 0 Å². The number of carbonyl (C=O) groups is 1. The van der Waals surface area contributed by atoms with Gasteiger partial charge in [-0.25, -0.2) is 4.89 Å². The number of nitriles is 1. The van der Waals surface area contributed by atoms with Crippen LogP contribution in [-0.4, -0.2) is 36.5 Å². The molecule has 0 saturated carbocycles. The third-order valence-corrected chi connectivity index (χ3v) is 4.66. The highest BCUT2D eigenvalue weighted by Crippen LogP contribution is 2.24. The van der Waals surface area contributed by atoms with Crippen LogP contribution < -0.4 is 4.90 Å². The minimum absolute atomic E-state index is 0.0494. The first-order valence-electron chi connectivity index (χ1n) is 10.3. The fourth-order valence-electron chi connectivity index (χ4n) is 3.00. The number of hydroxylamine groups is 1. The Morgan fingerprint density at radius 2 is 1.62 bits per heavy atom. The molecule has 1 heterocycles. The number of azo groups is 1. The first kappa shape index (κ1) is 22.8. The predicted octanol–water partition coefficient (Wildman–Crippen LogP) is 4.94. The van der Waals surface area contributed by atoms with Crippen LogP contribution in [0.1, 0.15) is 26.3 Å². The highest BCUT2D eigenvalue weighted by Gasteiger charge is 2.32. The Kier molecular flexibility index (Phi) is 7.80. The molecule has 1 aliphatic heterocycles. The van der Waals surface area contributed by atoms with Gasteiger partial charge in [0.1, 0.15) is 6.07 Å². The van der Waals surface area contributed by atoms with Gasteiger partial charge in [0.15, 0.2) is 5.71 Å². The molecule has 32 heavy (non-hydrogen) atoms. The van der Waals surface area contributed by atoms with E-state index in [0.717, 1.165) is 24.5 Å². The predicted molar refractivity (Wildman–Crippen MR) is 121 cm³/mol. The minimum Gasteiger partial charge on any atom is -0.372 e. The summed E-state index contributed by atoms with van der Waals surface area (Å²) in [6, 6.07) is 16.9. The summed E-state index contributed by atoms with van der Waals surface area (Å²) in [4.78, 5) is 24.1. The Balaban J connectivity index is 1.69. The van der Waals surface area contributed by atoms with E-state index in [1.165, 1.54) is 0 Å². The molecule has 0 radical (unpaired) electrons. The molecule has 0 spiro atoms. The van der Waals surface area contributed by atoms with Crippen molar-refractivity contribution in [2.75, 3.05) is 24.6 Å². The van der Waals surface area contributed by atoms with Crippen molar-refractivity contribution in [3.05, 3.63) is 59.7 Å². The lowest BCUT2D eigenvalue weighted by molar-refractivity contribution is -0.406. The first-order valence-corrected chi connectivity index (χ1v) is 10.3. The summed E-state index contributed by atoms with van der Waals surface area (Å²) in [6.07, 6.45) is 1.56. The van der Waals surface area contributed by atoms with Gasteiger partial charge in [-0.05, 0) is 68.8 Å². The van der Waals surface area contributed by atoms with E-state index in [9.17, 15) is 10.1 Å². The Morgan fingerprint density at radius 1 is 1.03 bits per heavy atom. The van der Waals surface area contributed by atoms with Gasteiger partial charge in [-0.15, -0.1) is 5.10 Å². The largest absolute Gasteiger partial charge is 0.372 e. The van der Waals surface area contributed by atoms with Gasteiger partial charge < -0.3 is 4.90 Å². The van der Waals surface area contributed by atoms with Gasteiger partial charge in [0.25, 0.3) is 0 Å². The SMILES string of the molecule is CCOON1N=C(C#N)/C(=C/c2ccc(/N=N/c3ccc(N(CC)CC)cc3)cc2)C1=O. The lowest BCUT2D eigenvalue weighted by Crippen LogP contribution is -2.22. The average molecular weight is 432 g/mol. The second kappa shape index (κ2) is 10.9. The standard InChI is InChI=1S/C23H24N6O3/c1-4-28(5-2)20-13-11-19(12-14-20)26-25-18-9-7-17(8-10-18)15-21-22(16-24)27-29(23(21)30)32-31-6-3/h7-15H,4-6H2,1-3H3/b21-15-,26-25+.